The van der Waals surface area contributed by atoms with E-state index in [-0.39, 0.29) is 5.78 Å². The molecule has 0 saturated carbocycles. The molecule has 2 aromatic rings. The number of hydrogen-bond acceptors (Lipinski definition) is 2. The molecule has 0 radical (unpaired) electrons. The number of hydrogen-bond donors (Lipinski definition) is 2. The van der Waals surface area contributed by atoms with Gasteiger partial charge < -0.3 is 10.7 Å². The van der Waals surface area contributed by atoms with Gasteiger partial charge in [-0.05, 0) is 18.1 Å². The van der Waals surface area contributed by atoms with Gasteiger partial charge in [-0.1, -0.05) is 128 Å². The van der Waals surface area contributed by atoms with Crippen LogP contribution in [0, 0.1) is 0 Å². The largest absolute Gasteiger partial charge is 0.369 e. The molecule has 0 aliphatic rings. The number of amides is 1. The summed E-state index contributed by atoms with van der Waals surface area (Å²) < 4.78 is 0. The SMILES string of the molecule is CCCCCCCCCCCCCCCCCCCC(=O)C(C(N)=O)c1c[nH]c2ccccc12. The number of aromatic nitrogens is 1. The molecule has 0 spiro atoms. The van der Waals surface area contributed by atoms with Crippen molar-refractivity contribution >= 4 is 22.6 Å². The molecule has 1 heterocycles. The van der Waals surface area contributed by atoms with Crippen molar-refractivity contribution in [2.24, 2.45) is 5.73 Å². The Morgan fingerprint density at radius 1 is 0.735 bits per heavy atom. The lowest BCUT2D eigenvalue weighted by atomic mass is 9.90. The van der Waals surface area contributed by atoms with Gasteiger partial charge in [-0.25, -0.2) is 0 Å². The van der Waals surface area contributed by atoms with Gasteiger partial charge in [0.2, 0.25) is 5.91 Å². The minimum absolute atomic E-state index is 0.0572. The van der Waals surface area contributed by atoms with Gasteiger partial charge in [0.15, 0.2) is 0 Å². The van der Waals surface area contributed by atoms with E-state index >= 15 is 0 Å². The lowest BCUT2D eigenvalue weighted by Gasteiger charge is -2.12. The third-order valence-corrected chi connectivity index (χ3v) is 7.07. The maximum Gasteiger partial charge on any atom is 0.232 e. The van der Waals surface area contributed by atoms with Crippen LogP contribution in [-0.2, 0) is 9.59 Å². The molecule has 34 heavy (non-hydrogen) atoms. The van der Waals surface area contributed by atoms with Gasteiger partial charge in [0.25, 0.3) is 0 Å². The zero-order valence-electron chi connectivity index (χ0n) is 21.6. The maximum atomic E-state index is 12.8. The summed E-state index contributed by atoms with van der Waals surface area (Å²) in [6, 6.07) is 7.72. The lowest BCUT2D eigenvalue weighted by Crippen LogP contribution is -2.28. The Kier molecular flexibility index (Phi) is 14.4. The highest BCUT2D eigenvalue weighted by atomic mass is 16.2. The first-order valence-corrected chi connectivity index (χ1v) is 14.0. The molecule has 1 amide bonds. The average molecular weight is 469 g/mol. The molecule has 190 valence electrons. The lowest BCUT2D eigenvalue weighted by molar-refractivity contribution is -0.128. The van der Waals surface area contributed by atoms with Crippen LogP contribution in [0.25, 0.3) is 10.9 Å². The molecule has 1 unspecified atom stereocenters. The number of nitrogens with one attached hydrogen (secondary N) is 1. The number of Topliss-reactive ketones (excluding diaryl/α,β-unsaturated/α-hetero) is 1. The van der Waals surface area contributed by atoms with E-state index in [4.69, 9.17) is 5.73 Å². The number of ketones is 1. The Labute approximate surface area is 207 Å². The van der Waals surface area contributed by atoms with E-state index in [1.165, 1.54) is 96.3 Å². The average Bonchev–Trinajstić information content (AvgIpc) is 3.24. The highest BCUT2D eigenvalue weighted by Crippen LogP contribution is 2.27. The van der Waals surface area contributed by atoms with Crippen molar-refractivity contribution in [1.82, 2.24) is 4.98 Å². The summed E-state index contributed by atoms with van der Waals surface area (Å²) in [6.07, 6.45) is 24.5. The summed E-state index contributed by atoms with van der Waals surface area (Å²) >= 11 is 0. The van der Waals surface area contributed by atoms with Crippen LogP contribution in [0.2, 0.25) is 0 Å². The third-order valence-electron chi connectivity index (χ3n) is 7.07. The molecule has 3 N–H and O–H groups in total. The van der Waals surface area contributed by atoms with Gasteiger partial charge in [0.1, 0.15) is 11.7 Å². The molecule has 0 fully saturated rings. The number of aromatic amines is 1. The van der Waals surface area contributed by atoms with Gasteiger partial charge in [0.05, 0.1) is 0 Å². The number of carbonyl (C=O) groups is 2. The van der Waals surface area contributed by atoms with Gasteiger partial charge in [-0.3, -0.25) is 9.59 Å². The standard InChI is InChI=1S/C30H48N2O2/c1-2-3-4-5-6-7-8-9-10-11-12-13-14-15-16-17-18-23-28(33)29(30(31)34)26-24-32-27-22-20-19-21-25(26)27/h19-22,24,29,32H,2-18,23H2,1H3,(H2,31,34). The number of benzene rings is 1. The third kappa shape index (κ3) is 10.4. The first-order valence-electron chi connectivity index (χ1n) is 14.0. The maximum absolute atomic E-state index is 12.8. The summed E-state index contributed by atoms with van der Waals surface area (Å²) in [5.41, 5.74) is 7.25. The molecular weight excluding hydrogens is 420 g/mol. The summed E-state index contributed by atoms with van der Waals surface area (Å²) in [5, 5.41) is 0.905. The van der Waals surface area contributed by atoms with Gasteiger partial charge in [0, 0.05) is 23.5 Å². The normalized spacial score (nSPS) is 12.3. The highest BCUT2D eigenvalue weighted by molar-refractivity contribution is 6.08. The molecule has 2 rings (SSSR count). The predicted octanol–water partition coefficient (Wildman–Crippen LogP) is 8.35. The molecule has 0 bridgehead atoms. The van der Waals surface area contributed by atoms with Gasteiger partial charge in [-0.15, -0.1) is 0 Å². The first kappa shape index (κ1) is 28.1. The number of unbranched alkanes of at least 4 members (excludes halogenated alkanes) is 16. The second kappa shape index (κ2) is 17.4. The van der Waals surface area contributed by atoms with E-state index in [0.29, 0.717) is 12.0 Å². The highest BCUT2D eigenvalue weighted by Gasteiger charge is 2.28. The first-order chi connectivity index (χ1) is 16.6. The number of fused-ring (bicyclic) bond motifs is 1. The van der Waals surface area contributed by atoms with Crippen molar-refractivity contribution in [3.63, 3.8) is 0 Å². The molecular formula is C30H48N2O2. The molecule has 1 aromatic heterocycles. The van der Waals surface area contributed by atoms with Crippen LogP contribution in [0.3, 0.4) is 0 Å². The number of para-hydroxylation sites is 1. The minimum Gasteiger partial charge on any atom is -0.369 e. The number of rotatable bonds is 21. The Morgan fingerprint density at radius 3 is 1.71 bits per heavy atom. The Morgan fingerprint density at radius 2 is 1.21 bits per heavy atom. The summed E-state index contributed by atoms with van der Waals surface area (Å²) in [7, 11) is 0. The van der Waals surface area contributed by atoms with Crippen molar-refractivity contribution in [2.75, 3.05) is 0 Å². The monoisotopic (exact) mass is 468 g/mol. The molecule has 0 aliphatic heterocycles. The molecule has 1 aromatic carbocycles. The van der Waals surface area contributed by atoms with Gasteiger partial charge >= 0.3 is 0 Å². The van der Waals surface area contributed by atoms with E-state index in [1.807, 2.05) is 24.3 Å². The van der Waals surface area contributed by atoms with E-state index in [0.717, 1.165) is 23.7 Å². The second-order valence-electron chi connectivity index (χ2n) is 10.00. The molecule has 4 nitrogen and oxygen atoms in total. The molecule has 4 heteroatoms. The quantitative estimate of drug-likeness (QED) is 0.143. The van der Waals surface area contributed by atoms with E-state index in [9.17, 15) is 9.59 Å². The second-order valence-corrected chi connectivity index (χ2v) is 10.00. The van der Waals surface area contributed by atoms with Crippen LogP contribution in [0.5, 0.6) is 0 Å². The van der Waals surface area contributed by atoms with Crippen molar-refractivity contribution < 1.29 is 9.59 Å². The van der Waals surface area contributed by atoms with Crippen LogP contribution in [0.15, 0.2) is 30.5 Å². The van der Waals surface area contributed by atoms with Crippen molar-refractivity contribution in [1.29, 1.82) is 0 Å². The van der Waals surface area contributed by atoms with Crippen LogP contribution in [-0.4, -0.2) is 16.7 Å². The smallest absolute Gasteiger partial charge is 0.232 e. The van der Waals surface area contributed by atoms with Crippen LogP contribution in [0.1, 0.15) is 134 Å². The van der Waals surface area contributed by atoms with Gasteiger partial charge in [-0.2, -0.15) is 0 Å². The van der Waals surface area contributed by atoms with Crippen molar-refractivity contribution in [3.8, 4) is 0 Å². The fourth-order valence-corrected chi connectivity index (χ4v) is 4.99. The Hall–Kier alpha value is -2.10. The minimum atomic E-state index is -0.850. The summed E-state index contributed by atoms with van der Waals surface area (Å²) in [4.78, 5) is 28.0. The Balaban J connectivity index is 1.47. The Bertz CT molecular complexity index is 826. The van der Waals surface area contributed by atoms with E-state index in [2.05, 4.69) is 11.9 Å². The fraction of sp³-hybridized carbons (Fsp3) is 0.667. The van der Waals surface area contributed by atoms with Crippen molar-refractivity contribution in [2.45, 2.75) is 128 Å². The topological polar surface area (TPSA) is 76.0 Å². The summed E-state index contributed by atoms with van der Waals surface area (Å²) in [6.45, 7) is 2.28. The van der Waals surface area contributed by atoms with Crippen molar-refractivity contribution in [3.05, 3.63) is 36.0 Å². The number of primary amides is 1. The van der Waals surface area contributed by atoms with E-state index in [1.54, 1.807) is 6.20 Å². The number of carbonyl (C=O) groups excluding carboxylic acids is 2. The molecule has 0 saturated heterocycles. The van der Waals surface area contributed by atoms with E-state index < -0.39 is 11.8 Å². The number of H-pyrrole nitrogens is 1. The molecule has 0 aliphatic carbocycles. The fourth-order valence-electron chi connectivity index (χ4n) is 4.99. The van der Waals surface area contributed by atoms with Crippen LogP contribution < -0.4 is 5.73 Å². The number of nitrogens with two attached hydrogens (primary N) is 1. The summed E-state index contributed by atoms with van der Waals surface area (Å²) in [5.74, 6) is -1.46. The van der Waals surface area contributed by atoms with Crippen LogP contribution in [0.4, 0.5) is 0 Å². The molecule has 1 atom stereocenters. The predicted molar refractivity (Wildman–Crippen MR) is 144 cm³/mol. The van der Waals surface area contributed by atoms with Crippen LogP contribution >= 0.6 is 0 Å². The zero-order chi connectivity index (χ0) is 24.4. The zero-order valence-corrected chi connectivity index (χ0v) is 21.6.